The summed E-state index contributed by atoms with van der Waals surface area (Å²) in [5.41, 5.74) is 7.79. The first-order valence-electron chi connectivity index (χ1n) is 5.78. The van der Waals surface area contributed by atoms with Crippen molar-refractivity contribution >= 4 is 5.69 Å². The van der Waals surface area contributed by atoms with Gasteiger partial charge in [0, 0.05) is 19.1 Å². The van der Waals surface area contributed by atoms with Crippen LogP contribution in [0, 0.1) is 5.92 Å². The normalized spacial score (nSPS) is 28.7. The Morgan fingerprint density at radius 3 is 2.87 bits per heavy atom. The van der Waals surface area contributed by atoms with Crippen LogP contribution in [-0.2, 0) is 6.54 Å². The molecule has 1 aromatic rings. The maximum absolute atomic E-state index is 5.54. The summed E-state index contributed by atoms with van der Waals surface area (Å²) in [6, 6.07) is 4.98. The predicted octanol–water partition coefficient (Wildman–Crippen LogP) is 1.53. The van der Waals surface area contributed by atoms with Crippen LogP contribution >= 0.6 is 0 Å². The van der Waals surface area contributed by atoms with Crippen LogP contribution in [0.15, 0.2) is 18.3 Å². The number of rotatable bonds is 2. The molecule has 0 aromatic carbocycles. The van der Waals surface area contributed by atoms with Crippen molar-refractivity contribution in [1.82, 2.24) is 4.98 Å². The van der Waals surface area contributed by atoms with Gasteiger partial charge in [-0.2, -0.15) is 0 Å². The summed E-state index contributed by atoms with van der Waals surface area (Å²) in [5.74, 6) is 0.934. The topological polar surface area (TPSA) is 42.1 Å². The third-order valence-electron chi connectivity index (χ3n) is 3.76. The van der Waals surface area contributed by atoms with E-state index in [-0.39, 0.29) is 0 Å². The highest BCUT2D eigenvalue weighted by Gasteiger charge is 2.37. The quantitative estimate of drug-likeness (QED) is 0.792. The highest BCUT2D eigenvalue weighted by molar-refractivity contribution is 5.47. The van der Waals surface area contributed by atoms with Gasteiger partial charge in [0.25, 0.3) is 0 Å². The molecule has 1 saturated heterocycles. The van der Waals surface area contributed by atoms with E-state index in [0.717, 1.165) is 17.7 Å². The molecule has 1 saturated carbocycles. The molecule has 2 heterocycles. The number of piperidine rings is 1. The van der Waals surface area contributed by atoms with E-state index in [9.17, 15) is 0 Å². The lowest BCUT2D eigenvalue weighted by atomic mass is 10.1. The van der Waals surface area contributed by atoms with Gasteiger partial charge in [-0.05, 0) is 37.3 Å². The Balaban J connectivity index is 1.81. The van der Waals surface area contributed by atoms with Crippen LogP contribution in [0.25, 0.3) is 0 Å². The SMILES string of the molecule is NCc1ccc(N2CC3CCC2C3)cn1. The maximum atomic E-state index is 5.54. The zero-order valence-corrected chi connectivity index (χ0v) is 8.89. The molecule has 2 atom stereocenters. The Hall–Kier alpha value is -1.09. The van der Waals surface area contributed by atoms with Crippen molar-refractivity contribution in [1.29, 1.82) is 0 Å². The maximum Gasteiger partial charge on any atom is 0.0555 e. The fourth-order valence-corrected chi connectivity index (χ4v) is 2.95. The molecule has 0 radical (unpaired) electrons. The van der Waals surface area contributed by atoms with Gasteiger partial charge in [-0.3, -0.25) is 4.98 Å². The number of hydrogen-bond donors (Lipinski definition) is 1. The number of nitrogens with two attached hydrogens (primary N) is 1. The van der Waals surface area contributed by atoms with Crippen molar-refractivity contribution in [2.45, 2.75) is 31.8 Å². The molecule has 15 heavy (non-hydrogen) atoms. The van der Waals surface area contributed by atoms with Crippen LogP contribution in [0.5, 0.6) is 0 Å². The lowest BCUT2D eigenvalue weighted by molar-refractivity contribution is 0.553. The number of nitrogens with zero attached hydrogens (tertiary/aromatic N) is 2. The van der Waals surface area contributed by atoms with Gasteiger partial charge < -0.3 is 10.6 Å². The second-order valence-electron chi connectivity index (χ2n) is 4.70. The van der Waals surface area contributed by atoms with Gasteiger partial charge in [-0.1, -0.05) is 0 Å². The molecule has 1 aromatic heterocycles. The van der Waals surface area contributed by atoms with Crippen LogP contribution in [0.1, 0.15) is 25.0 Å². The van der Waals surface area contributed by atoms with E-state index >= 15 is 0 Å². The third-order valence-corrected chi connectivity index (χ3v) is 3.76. The van der Waals surface area contributed by atoms with Crippen LogP contribution in [0.4, 0.5) is 5.69 Å². The first-order chi connectivity index (χ1) is 7.36. The van der Waals surface area contributed by atoms with Gasteiger partial charge in [-0.25, -0.2) is 0 Å². The molecular formula is C12H17N3. The molecule has 2 unspecified atom stereocenters. The van der Waals surface area contributed by atoms with E-state index < -0.39 is 0 Å². The largest absolute Gasteiger partial charge is 0.367 e. The standard InChI is InChI=1S/C12H17N3/c13-6-10-2-4-12(7-14-10)15-8-9-1-3-11(15)5-9/h2,4,7,9,11H,1,3,5-6,8,13H2. The van der Waals surface area contributed by atoms with Gasteiger partial charge in [0.15, 0.2) is 0 Å². The highest BCUT2D eigenvalue weighted by atomic mass is 15.2. The summed E-state index contributed by atoms with van der Waals surface area (Å²) in [6.07, 6.45) is 6.15. The first-order valence-corrected chi connectivity index (χ1v) is 5.78. The molecule has 1 aliphatic heterocycles. The van der Waals surface area contributed by atoms with Crippen molar-refractivity contribution in [3.05, 3.63) is 24.0 Å². The number of aromatic nitrogens is 1. The molecule has 3 heteroatoms. The minimum absolute atomic E-state index is 0.534. The Kier molecular flexibility index (Phi) is 2.13. The van der Waals surface area contributed by atoms with E-state index in [4.69, 9.17) is 5.73 Å². The second kappa shape index (κ2) is 3.49. The molecule has 0 amide bonds. The summed E-state index contributed by atoms with van der Waals surface area (Å²) in [6.45, 7) is 1.76. The van der Waals surface area contributed by atoms with E-state index in [1.807, 2.05) is 12.3 Å². The van der Waals surface area contributed by atoms with Crippen molar-refractivity contribution in [2.24, 2.45) is 11.7 Å². The van der Waals surface area contributed by atoms with E-state index in [2.05, 4.69) is 16.0 Å². The number of hydrogen-bond acceptors (Lipinski definition) is 3. The van der Waals surface area contributed by atoms with E-state index in [0.29, 0.717) is 6.54 Å². The molecule has 80 valence electrons. The molecule has 3 rings (SSSR count). The van der Waals surface area contributed by atoms with Crippen molar-refractivity contribution in [2.75, 3.05) is 11.4 Å². The monoisotopic (exact) mass is 203 g/mol. The average Bonchev–Trinajstić information content (AvgIpc) is 2.91. The number of fused-ring (bicyclic) bond motifs is 2. The van der Waals surface area contributed by atoms with Crippen molar-refractivity contribution < 1.29 is 0 Å². The zero-order valence-electron chi connectivity index (χ0n) is 8.89. The summed E-state index contributed by atoms with van der Waals surface area (Å²) in [5, 5.41) is 0. The van der Waals surface area contributed by atoms with Gasteiger partial charge in [0.1, 0.15) is 0 Å². The predicted molar refractivity (Wildman–Crippen MR) is 60.6 cm³/mol. The zero-order chi connectivity index (χ0) is 10.3. The number of pyridine rings is 1. The minimum Gasteiger partial charge on any atom is -0.367 e. The molecule has 2 N–H and O–H groups in total. The molecule has 3 nitrogen and oxygen atoms in total. The lowest BCUT2D eigenvalue weighted by Gasteiger charge is -2.28. The Morgan fingerprint density at radius 1 is 1.40 bits per heavy atom. The van der Waals surface area contributed by atoms with Crippen molar-refractivity contribution in [3.8, 4) is 0 Å². The second-order valence-corrected chi connectivity index (χ2v) is 4.70. The molecule has 2 fully saturated rings. The third kappa shape index (κ3) is 1.51. The molecule has 1 aliphatic carbocycles. The summed E-state index contributed by atoms with van der Waals surface area (Å²) < 4.78 is 0. The fourth-order valence-electron chi connectivity index (χ4n) is 2.95. The van der Waals surface area contributed by atoms with E-state index in [1.54, 1.807) is 0 Å². The summed E-state index contributed by atoms with van der Waals surface area (Å²) in [4.78, 5) is 6.87. The number of anilines is 1. The van der Waals surface area contributed by atoms with Gasteiger partial charge in [0.05, 0.1) is 17.6 Å². The average molecular weight is 203 g/mol. The van der Waals surface area contributed by atoms with Gasteiger partial charge in [0.2, 0.25) is 0 Å². The van der Waals surface area contributed by atoms with Crippen LogP contribution in [-0.4, -0.2) is 17.6 Å². The first kappa shape index (κ1) is 9.16. The smallest absolute Gasteiger partial charge is 0.0555 e. The molecule has 0 spiro atoms. The Bertz CT molecular complexity index is 346. The Morgan fingerprint density at radius 2 is 2.33 bits per heavy atom. The summed E-state index contributed by atoms with van der Waals surface area (Å²) in [7, 11) is 0. The van der Waals surface area contributed by atoms with Crippen LogP contribution in [0.3, 0.4) is 0 Å². The lowest BCUT2D eigenvalue weighted by Crippen LogP contribution is -2.31. The molecule has 2 bridgehead atoms. The van der Waals surface area contributed by atoms with Crippen molar-refractivity contribution in [3.63, 3.8) is 0 Å². The van der Waals surface area contributed by atoms with Gasteiger partial charge in [-0.15, -0.1) is 0 Å². The molecular weight excluding hydrogens is 186 g/mol. The van der Waals surface area contributed by atoms with E-state index in [1.165, 1.54) is 31.5 Å². The van der Waals surface area contributed by atoms with Crippen LogP contribution in [0.2, 0.25) is 0 Å². The van der Waals surface area contributed by atoms with Crippen LogP contribution < -0.4 is 10.6 Å². The minimum atomic E-state index is 0.534. The fraction of sp³-hybridized carbons (Fsp3) is 0.583. The highest BCUT2D eigenvalue weighted by Crippen LogP contribution is 2.39. The molecule has 2 aliphatic rings. The summed E-state index contributed by atoms with van der Waals surface area (Å²) >= 11 is 0. The Labute approximate surface area is 90.3 Å². The van der Waals surface area contributed by atoms with Gasteiger partial charge >= 0.3 is 0 Å².